The number of nitrogens with zero attached hydrogens (tertiary/aromatic N) is 2. The zero-order chi connectivity index (χ0) is 23.2. The summed E-state index contributed by atoms with van der Waals surface area (Å²) in [6.45, 7) is 2.53. The van der Waals surface area contributed by atoms with Gasteiger partial charge in [-0.25, -0.2) is 4.98 Å². The Kier molecular flexibility index (Phi) is 7.10. The maximum Gasteiger partial charge on any atom is 0.233 e. The molecule has 0 saturated carbocycles. The van der Waals surface area contributed by atoms with E-state index in [2.05, 4.69) is 0 Å². The first-order chi connectivity index (χ1) is 16.1. The lowest BCUT2D eigenvalue weighted by Gasteiger charge is -2.20. The van der Waals surface area contributed by atoms with Gasteiger partial charge in [0, 0.05) is 6.42 Å². The van der Waals surface area contributed by atoms with Gasteiger partial charge in [-0.2, -0.15) is 0 Å². The van der Waals surface area contributed by atoms with Crippen LogP contribution in [0, 0.1) is 0 Å². The van der Waals surface area contributed by atoms with Crippen molar-refractivity contribution >= 4 is 38.3 Å². The molecule has 1 heterocycles. The van der Waals surface area contributed by atoms with E-state index in [0.717, 1.165) is 27.2 Å². The molecule has 0 bridgehead atoms. The molecule has 0 spiro atoms. The van der Waals surface area contributed by atoms with E-state index in [-0.39, 0.29) is 5.91 Å². The molecule has 0 saturated heterocycles. The van der Waals surface area contributed by atoms with Gasteiger partial charge in [0.1, 0.15) is 5.75 Å². The van der Waals surface area contributed by atoms with E-state index in [1.807, 2.05) is 73.7 Å². The smallest absolute Gasteiger partial charge is 0.233 e. The van der Waals surface area contributed by atoms with Crippen LogP contribution in [0.15, 0.2) is 66.7 Å². The summed E-state index contributed by atoms with van der Waals surface area (Å²) >= 11 is 1.50. The first-order valence-corrected chi connectivity index (χ1v) is 11.6. The summed E-state index contributed by atoms with van der Waals surface area (Å²) in [5.41, 5.74) is 2.63. The van der Waals surface area contributed by atoms with Gasteiger partial charge in [-0.05, 0) is 67.4 Å². The zero-order valence-electron chi connectivity index (χ0n) is 18.9. The van der Waals surface area contributed by atoms with Crippen LogP contribution in [-0.4, -0.2) is 31.7 Å². The standard InChI is InChI=1S/C26H26N2O4S/c1-4-32-20-13-11-19(12-14-20)28(26-27-21-7-5-6-8-24(21)33-26)25(29)16-10-18-9-15-22(30-2)23(17-18)31-3/h5-9,11-15,17H,4,10,16H2,1-3H3. The summed E-state index contributed by atoms with van der Waals surface area (Å²) in [5.74, 6) is 2.05. The Hall–Kier alpha value is -3.58. The number of aromatic nitrogens is 1. The van der Waals surface area contributed by atoms with Crippen LogP contribution in [0.2, 0.25) is 0 Å². The maximum absolute atomic E-state index is 13.5. The van der Waals surface area contributed by atoms with Gasteiger partial charge < -0.3 is 14.2 Å². The molecule has 0 aliphatic rings. The van der Waals surface area contributed by atoms with Crippen LogP contribution in [-0.2, 0) is 11.2 Å². The molecular formula is C26H26N2O4S. The van der Waals surface area contributed by atoms with Crippen molar-refractivity contribution in [2.24, 2.45) is 0 Å². The van der Waals surface area contributed by atoms with Gasteiger partial charge in [0.25, 0.3) is 0 Å². The van der Waals surface area contributed by atoms with Gasteiger partial charge in [0.15, 0.2) is 16.6 Å². The molecule has 0 aliphatic heterocycles. The van der Waals surface area contributed by atoms with Crippen LogP contribution >= 0.6 is 11.3 Å². The van der Waals surface area contributed by atoms with Crippen LogP contribution in [0.3, 0.4) is 0 Å². The molecule has 0 unspecified atom stereocenters. The van der Waals surface area contributed by atoms with Crippen molar-refractivity contribution < 1.29 is 19.0 Å². The van der Waals surface area contributed by atoms with E-state index in [9.17, 15) is 4.79 Å². The number of carbonyl (C=O) groups excluding carboxylic acids is 1. The van der Waals surface area contributed by atoms with Crippen molar-refractivity contribution in [2.45, 2.75) is 19.8 Å². The van der Waals surface area contributed by atoms with Crippen molar-refractivity contribution in [2.75, 3.05) is 25.7 Å². The predicted octanol–water partition coefficient (Wildman–Crippen LogP) is 6.01. The molecule has 1 amide bonds. The number of ether oxygens (including phenoxy) is 3. The highest BCUT2D eigenvalue weighted by Gasteiger charge is 2.22. The van der Waals surface area contributed by atoms with Crippen LogP contribution in [0.4, 0.5) is 10.8 Å². The van der Waals surface area contributed by atoms with Crippen LogP contribution in [0.25, 0.3) is 10.2 Å². The minimum atomic E-state index is -0.0343. The van der Waals surface area contributed by atoms with Crippen molar-refractivity contribution in [1.29, 1.82) is 0 Å². The SMILES string of the molecule is CCOc1ccc(N(C(=O)CCc2ccc(OC)c(OC)c2)c2nc3ccccc3s2)cc1. The van der Waals surface area contributed by atoms with E-state index in [1.54, 1.807) is 19.1 Å². The monoisotopic (exact) mass is 462 g/mol. The van der Waals surface area contributed by atoms with Crippen molar-refractivity contribution in [3.05, 3.63) is 72.3 Å². The van der Waals surface area contributed by atoms with Gasteiger partial charge in [-0.15, -0.1) is 0 Å². The lowest BCUT2D eigenvalue weighted by molar-refractivity contribution is -0.117. The van der Waals surface area contributed by atoms with E-state index < -0.39 is 0 Å². The third-order valence-corrected chi connectivity index (χ3v) is 6.23. The maximum atomic E-state index is 13.5. The van der Waals surface area contributed by atoms with Gasteiger partial charge in [-0.3, -0.25) is 9.69 Å². The lowest BCUT2D eigenvalue weighted by Crippen LogP contribution is -2.26. The minimum absolute atomic E-state index is 0.0343. The Morgan fingerprint density at radius 1 is 0.970 bits per heavy atom. The largest absolute Gasteiger partial charge is 0.494 e. The third kappa shape index (κ3) is 5.09. The molecule has 170 valence electrons. The second kappa shape index (κ2) is 10.4. The highest BCUT2D eigenvalue weighted by Crippen LogP contribution is 2.35. The molecule has 0 fully saturated rings. The Bertz CT molecular complexity index is 1200. The summed E-state index contributed by atoms with van der Waals surface area (Å²) < 4.78 is 17.3. The van der Waals surface area contributed by atoms with Crippen molar-refractivity contribution in [3.8, 4) is 17.2 Å². The summed E-state index contributed by atoms with van der Waals surface area (Å²) in [6, 6.07) is 21.2. The van der Waals surface area contributed by atoms with Gasteiger partial charge >= 0.3 is 0 Å². The molecule has 0 atom stereocenters. The number of hydrogen-bond acceptors (Lipinski definition) is 6. The highest BCUT2D eigenvalue weighted by atomic mass is 32.1. The number of rotatable bonds is 9. The average Bonchev–Trinajstić information content (AvgIpc) is 3.27. The first-order valence-electron chi connectivity index (χ1n) is 10.7. The first kappa shape index (κ1) is 22.6. The van der Waals surface area contributed by atoms with Crippen LogP contribution in [0.5, 0.6) is 17.2 Å². The van der Waals surface area contributed by atoms with Gasteiger partial charge in [-0.1, -0.05) is 29.5 Å². The normalized spacial score (nSPS) is 10.8. The third-order valence-electron chi connectivity index (χ3n) is 5.20. The number of hydrogen-bond donors (Lipinski definition) is 0. The molecule has 0 radical (unpaired) electrons. The topological polar surface area (TPSA) is 60.9 Å². The van der Waals surface area contributed by atoms with Crippen molar-refractivity contribution in [1.82, 2.24) is 4.98 Å². The number of benzene rings is 3. The molecule has 0 aliphatic carbocycles. The molecule has 3 aromatic carbocycles. The molecular weight excluding hydrogens is 436 g/mol. The highest BCUT2D eigenvalue weighted by molar-refractivity contribution is 7.22. The molecule has 7 heteroatoms. The second-order valence-electron chi connectivity index (χ2n) is 7.31. The Balaban J connectivity index is 1.61. The molecule has 33 heavy (non-hydrogen) atoms. The number of carbonyl (C=O) groups is 1. The van der Waals surface area contributed by atoms with E-state index in [1.165, 1.54) is 11.3 Å². The Morgan fingerprint density at radius 3 is 2.42 bits per heavy atom. The van der Waals surface area contributed by atoms with Gasteiger partial charge in [0.2, 0.25) is 5.91 Å². The fraction of sp³-hybridized carbons (Fsp3) is 0.231. The number of methoxy groups -OCH3 is 2. The molecule has 4 aromatic rings. The molecule has 1 aromatic heterocycles. The number of thiazole rings is 1. The van der Waals surface area contributed by atoms with E-state index in [4.69, 9.17) is 19.2 Å². The number of amides is 1. The fourth-order valence-electron chi connectivity index (χ4n) is 3.57. The second-order valence-corrected chi connectivity index (χ2v) is 8.32. The van der Waals surface area contributed by atoms with Crippen molar-refractivity contribution in [3.63, 3.8) is 0 Å². The predicted molar refractivity (Wildman–Crippen MR) is 132 cm³/mol. The Morgan fingerprint density at radius 2 is 1.73 bits per heavy atom. The van der Waals surface area contributed by atoms with Gasteiger partial charge in [0.05, 0.1) is 36.7 Å². The fourth-order valence-corrected chi connectivity index (χ4v) is 4.58. The number of para-hydroxylation sites is 1. The summed E-state index contributed by atoms with van der Waals surface area (Å²) in [4.78, 5) is 19.9. The zero-order valence-corrected chi connectivity index (χ0v) is 19.7. The van der Waals surface area contributed by atoms with Crippen LogP contribution < -0.4 is 19.1 Å². The number of aryl methyl sites for hydroxylation is 1. The minimum Gasteiger partial charge on any atom is -0.494 e. The van der Waals surface area contributed by atoms with Crippen LogP contribution in [0.1, 0.15) is 18.9 Å². The van der Waals surface area contributed by atoms with E-state index >= 15 is 0 Å². The summed E-state index contributed by atoms with van der Waals surface area (Å²) in [7, 11) is 3.21. The summed E-state index contributed by atoms with van der Waals surface area (Å²) in [5, 5.41) is 0.651. The van der Waals surface area contributed by atoms with E-state index in [0.29, 0.717) is 36.1 Å². The quantitative estimate of drug-likeness (QED) is 0.305. The molecule has 4 rings (SSSR count). The Labute approximate surface area is 197 Å². The molecule has 0 N–H and O–H groups in total. The average molecular weight is 463 g/mol. The number of anilines is 2. The summed E-state index contributed by atoms with van der Waals surface area (Å²) in [6.07, 6.45) is 0.885. The number of fused-ring (bicyclic) bond motifs is 1. The molecule has 6 nitrogen and oxygen atoms in total. The lowest BCUT2D eigenvalue weighted by atomic mass is 10.1.